The van der Waals surface area contributed by atoms with Gasteiger partial charge in [-0.15, -0.1) is 10.2 Å². The average Bonchev–Trinajstić information content (AvgIpc) is 3.17. The summed E-state index contributed by atoms with van der Waals surface area (Å²) in [7, 11) is 0. The van der Waals surface area contributed by atoms with Crippen molar-refractivity contribution in [2.45, 2.75) is 77.2 Å². The van der Waals surface area contributed by atoms with Gasteiger partial charge in [0.05, 0.1) is 25.2 Å². The summed E-state index contributed by atoms with van der Waals surface area (Å²) < 4.78 is 2.17. The molecule has 8 nitrogen and oxygen atoms in total. The summed E-state index contributed by atoms with van der Waals surface area (Å²) in [5.74, 6) is 2.02. The summed E-state index contributed by atoms with van der Waals surface area (Å²) in [6.45, 7) is 9.58. The molecule has 2 atom stereocenters. The molecule has 1 N–H and O–H groups in total. The first kappa shape index (κ1) is 19.8. The summed E-state index contributed by atoms with van der Waals surface area (Å²) in [4.78, 5) is 19.4. The molecule has 2 fully saturated rings. The van der Waals surface area contributed by atoms with E-state index >= 15 is 0 Å². The maximum Gasteiger partial charge on any atom is 0.237 e. The lowest BCUT2D eigenvalue weighted by Crippen LogP contribution is -2.44. The number of likely N-dealkylation sites (tertiary alicyclic amines) is 2. The lowest BCUT2D eigenvalue weighted by Gasteiger charge is -2.32. The van der Waals surface area contributed by atoms with Crippen LogP contribution in [0.1, 0.15) is 63.6 Å². The van der Waals surface area contributed by atoms with Gasteiger partial charge in [-0.25, -0.2) is 0 Å². The second-order valence-corrected chi connectivity index (χ2v) is 8.83. The molecular formula is C20H34N6O2. The van der Waals surface area contributed by atoms with Gasteiger partial charge in [-0.2, -0.15) is 0 Å². The van der Waals surface area contributed by atoms with Crippen molar-refractivity contribution in [2.24, 2.45) is 0 Å². The molecule has 1 aromatic rings. The van der Waals surface area contributed by atoms with Crippen molar-refractivity contribution in [3.8, 4) is 0 Å². The van der Waals surface area contributed by atoms with Gasteiger partial charge in [0.25, 0.3) is 0 Å². The monoisotopic (exact) mass is 390 g/mol. The predicted octanol–water partition coefficient (Wildman–Crippen LogP) is 1.01. The topological polar surface area (TPSA) is 77.7 Å². The van der Waals surface area contributed by atoms with Gasteiger partial charge in [0.15, 0.2) is 11.6 Å². The highest BCUT2D eigenvalue weighted by molar-refractivity contribution is 5.78. The number of β-amino-alcohol motifs (C(OH)–C–C–N with tert-alkyl or cyclic N) is 1. The molecule has 3 aliphatic rings. The fourth-order valence-corrected chi connectivity index (χ4v) is 4.89. The van der Waals surface area contributed by atoms with Crippen molar-refractivity contribution in [3.05, 3.63) is 11.6 Å². The molecule has 0 spiro atoms. The second kappa shape index (κ2) is 8.47. The normalized spacial score (nSPS) is 27.2. The number of hydrogen-bond acceptors (Lipinski definition) is 6. The number of amides is 1. The van der Waals surface area contributed by atoms with Crippen molar-refractivity contribution in [1.29, 1.82) is 0 Å². The standard InChI is InChI=1S/C20H34N6O2/c1-15(2)26-12-16(27)11-17(26)20-22-21-18-13-24(9-10-25(18)20)19(28)14-23-7-5-3-4-6-8-23/h15-17,27H,3-14H2,1-2H3/t16-,17-/m0/s1. The van der Waals surface area contributed by atoms with Gasteiger partial charge in [-0.05, 0) is 46.2 Å². The van der Waals surface area contributed by atoms with Gasteiger partial charge < -0.3 is 14.6 Å². The Labute approximate surface area is 167 Å². The largest absolute Gasteiger partial charge is 0.392 e. The van der Waals surface area contributed by atoms with Crippen molar-refractivity contribution in [3.63, 3.8) is 0 Å². The van der Waals surface area contributed by atoms with Crippen LogP contribution in [0.2, 0.25) is 0 Å². The zero-order valence-electron chi connectivity index (χ0n) is 17.3. The number of aromatic nitrogens is 3. The summed E-state index contributed by atoms with van der Waals surface area (Å²) >= 11 is 0. The zero-order chi connectivity index (χ0) is 19.7. The van der Waals surface area contributed by atoms with E-state index in [1.807, 2.05) is 4.90 Å². The highest BCUT2D eigenvalue weighted by Gasteiger charge is 2.38. The third-order valence-corrected chi connectivity index (χ3v) is 6.47. The molecule has 1 aromatic heterocycles. The van der Waals surface area contributed by atoms with Crippen LogP contribution in [0.4, 0.5) is 0 Å². The van der Waals surface area contributed by atoms with E-state index in [-0.39, 0.29) is 18.1 Å². The maximum absolute atomic E-state index is 12.8. The van der Waals surface area contributed by atoms with E-state index in [1.165, 1.54) is 25.7 Å². The van der Waals surface area contributed by atoms with Crippen LogP contribution in [0.15, 0.2) is 0 Å². The molecule has 156 valence electrons. The van der Waals surface area contributed by atoms with E-state index in [1.54, 1.807) is 0 Å². The summed E-state index contributed by atoms with van der Waals surface area (Å²) in [5.41, 5.74) is 0. The lowest BCUT2D eigenvalue weighted by atomic mass is 10.1. The first-order valence-corrected chi connectivity index (χ1v) is 10.9. The molecule has 28 heavy (non-hydrogen) atoms. The molecule has 0 unspecified atom stereocenters. The van der Waals surface area contributed by atoms with Gasteiger partial charge in [-0.1, -0.05) is 12.8 Å². The minimum atomic E-state index is -0.310. The highest BCUT2D eigenvalue weighted by Crippen LogP contribution is 2.33. The summed E-state index contributed by atoms with van der Waals surface area (Å²) in [6.07, 6.45) is 5.35. The van der Waals surface area contributed by atoms with Gasteiger partial charge in [0.1, 0.15) is 0 Å². The Morgan fingerprint density at radius 3 is 2.57 bits per heavy atom. The molecule has 2 saturated heterocycles. The van der Waals surface area contributed by atoms with Gasteiger partial charge in [0.2, 0.25) is 5.91 Å². The Morgan fingerprint density at radius 2 is 1.86 bits per heavy atom. The van der Waals surface area contributed by atoms with E-state index in [0.717, 1.165) is 31.3 Å². The molecule has 3 aliphatic heterocycles. The minimum Gasteiger partial charge on any atom is -0.392 e. The van der Waals surface area contributed by atoms with Crippen LogP contribution in [-0.4, -0.2) is 85.3 Å². The Morgan fingerprint density at radius 1 is 1.11 bits per heavy atom. The Hall–Kier alpha value is -1.51. The lowest BCUT2D eigenvalue weighted by molar-refractivity contribution is -0.134. The maximum atomic E-state index is 12.8. The third-order valence-electron chi connectivity index (χ3n) is 6.47. The average molecular weight is 391 g/mol. The van der Waals surface area contributed by atoms with Crippen molar-refractivity contribution in [1.82, 2.24) is 29.5 Å². The predicted molar refractivity (Wildman–Crippen MR) is 106 cm³/mol. The van der Waals surface area contributed by atoms with Crippen LogP contribution < -0.4 is 0 Å². The van der Waals surface area contributed by atoms with E-state index in [0.29, 0.717) is 38.6 Å². The Kier molecular flexibility index (Phi) is 5.99. The van der Waals surface area contributed by atoms with Crippen LogP contribution in [-0.2, 0) is 17.9 Å². The summed E-state index contributed by atoms with van der Waals surface area (Å²) in [6, 6.07) is 0.459. The van der Waals surface area contributed by atoms with Crippen LogP contribution in [0, 0.1) is 0 Å². The number of nitrogens with zero attached hydrogens (tertiary/aromatic N) is 6. The first-order valence-electron chi connectivity index (χ1n) is 10.9. The van der Waals surface area contributed by atoms with Gasteiger partial charge >= 0.3 is 0 Å². The number of hydrogen-bond donors (Lipinski definition) is 1. The molecule has 0 aromatic carbocycles. The van der Waals surface area contributed by atoms with Crippen LogP contribution in [0.5, 0.6) is 0 Å². The molecule has 4 heterocycles. The molecule has 0 saturated carbocycles. The van der Waals surface area contributed by atoms with E-state index in [4.69, 9.17) is 0 Å². The quantitative estimate of drug-likeness (QED) is 0.827. The Bertz CT molecular complexity index is 682. The molecular weight excluding hydrogens is 356 g/mol. The van der Waals surface area contributed by atoms with Crippen molar-refractivity contribution < 1.29 is 9.90 Å². The molecule has 8 heteroatoms. The van der Waals surface area contributed by atoms with E-state index < -0.39 is 0 Å². The number of aliphatic hydroxyl groups excluding tert-OH is 1. The molecule has 4 rings (SSSR count). The second-order valence-electron chi connectivity index (χ2n) is 8.83. The summed E-state index contributed by atoms with van der Waals surface area (Å²) in [5, 5.41) is 19.0. The number of fused-ring (bicyclic) bond motifs is 1. The van der Waals surface area contributed by atoms with Gasteiger partial charge in [-0.3, -0.25) is 14.6 Å². The number of aliphatic hydroxyl groups is 1. The molecule has 0 radical (unpaired) electrons. The molecule has 0 bridgehead atoms. The van der Waals surface area contributed by atoms with Crippen LogP contribution >= 0.6 is 0 Å². The van der Waals surface area contributed by atoms with E-state index in [2.05, 4.69) is 38.4 Å². The third kappa shape index (κ3) is 4.09. The zero-order valence-corrected chi connectivity index (χ0v) is 17.3. The number of rotatable bonds is 4. The number of carbonyl (C=O) groups excluding carboxylic acids is 1. The first-order chi connectivity index (χ1) is 13.5. The minimum absolute atomic E-state index is 0.107. The molecule has 0 aliphatic carbocycles. The number of carbonyl (C=O) groups is 1. The highest BCUT2D eigenvalue weighted by atomic mass is 16.3. The van der Waals surface area contributed by atoms with Crippen molar-refractivity contribution >= 4 is 5.91 Å². The van der Waals surface area contributed by atoms with E-state index in [9.17, 15) is 9.90 Å². The van der Waals surface area contributed by atoms with Crippen LogP contribution in [0.25, 0.3) is 0 Å². The SMILES string of the molecule is CC(C)N1C[C@@H](O)C[C@H]1c1nnc2n1CCN(C(=O)CN1CCCCCC1)C2. The Balaban J connectivity index is 1.42. The van der Waals surface area contributed by atoms with Crippen LogP contribution in [0.3, 0.4) is 0 Å². The van der Waals surface area contributed by atoms with Gasteiger partial charge in [0, 0.05) is 25.7 Å². The molecule has 1 amide bonds. The smallest absolute Gasteiger partial charge is 0.237 e. The van der Waals surface area contributed by atoms with Crippen molar-refractivity contribution in [2.75, 3.05) is 32.7 Å². The fraction of sp³-hybridized carbons (Fsp3) is 0.850. The fourth-order valence-electron chi connectivity index (χ4n) is 4.89.